The first-order valence-electron chi connectivity index (χ1n) is 4.50. The van der Waals surface area contributed by atoms with Gasteiger partial charge in [-0.3, -0.25) is 9.59 Å². The predicted octanol–water partition coefficient (Wildman–Crippen LogP) is 2.13. The predicted molar refractivity (Wildman–Crippen MR) is 65.4 cm³/mol. The zero-order chi connectivity index (χ0) is 11.5. The fraction of sp³-hybridized carbons (Fsp3) is 0.100. The van der Waals surface area contributed by atoms with Crippen LogP contribution in [-0.2, 0) is 0 Å². The van der Waals surface area contributed by atoms with Crippen LogP contribution in [0.2, 0.25) is 0 Å². The van der Waals surface area contributed by atoms with Crippen molar-refractivity contribution in [3.05, 3.63) is 44.5 Å². The Balaban J connectivity index is 2.16. The standard InChI is InChI=1S/C10H8N2O2S2/c1-6-3-2-4-7(5-6)11-8(13)9-12-10(14)16-15-9/h2-5H,1H3,(H,11,13). The summed E-state index contributed by atoms with van der Waals surface area (Å²) in [5.74, 6) is -0.339. The number of carbonyl (C=O) groups excluding carboxylic acids is 1. The summed E-state index contributed by atoms with van der Waals surface area (Å²) in [7, 11) is 2.05. The van der Waals surface area contributed by atoms with E-state index in [0.29, 0.717) is 5.69 Å². The normalized spacial score (nSPS) is 10.1. The number of hydrogen-bond donors (Lipinski definition) is 1. The molecule has 0 saturated carbocycles. The van der Waals surface area contributed by atoms with Crippen LogP contribution in [-0.4, -0.2) is 10.9 Å². The van der Waals surface area contributed by atoms with Gasteiger partial charge in [0.2, 0.25) is 0 Å². The maximum Gasteiger partial charge on any atom is 0.337 e. The summed E-state index contributed by atoms with van der Waals surface area (Å²) in [6.45, 7) is 1.94. The van der Waals surface area contributed by atoms with Gasteiger partial charge in [-0.1, -0.05) is 12.1 Å². The van der Waals surface area contributed by atoms with Crippen molar-refractivity contribution < 1.29 is 4.79 Å². The number of rotatable bonds is 2. The molecule has 0 bridgehead atoms. The molecule has 0 atom stereocenters. The molecular weight excluding hydrogens is 244 g/mol. The second-order valence-corrected chi connectivity index (χ2v) is 5.24. The average Bonchev–Trinajstić information content (AvgIpc) is 2.65. The van der Waals surface area contributed by atoms with Gasteiger partial charge in [0, 0.05) is 5.69 Å². The lowest BCUT2D eigenvalue weighted by atomic mass is 10.2. The molecule has 0 aliphatic heterocycles. The van der Waals surface area contributed by atoms with Gasteiger partial charge in [0.15, 0.2) is 5.01 Å². The highest BCUT2D eigenvalue weighted by molar-refractivity contribution is 7.68. The Morgan fingerprint density at radius 1 is 1.38 bits per heavy atom. The number of benzene rings is 1. The molecule has 0 radical (unpaired) electrons. The van der Waals surface area contributed by atoms with Crippen molar-refractivity contribution in [1.29, 1.82) is 0 Å². The van der Waals surface area contributed by atoms with Gasteiger partial charge < -0.3 is 5.32 Å². The molecule has 0 fully saturated rings. The van der Waals surface area contributed by atoms with Crippen LogP contribution in [0.3, 0.4) is 0 Å². The van der Waals surface area contributed by atoms with Crippen molar-refractivity contribution in [3.63, 3.8) is 0 Å². The molecule has 0 aliphatic rings. The first-order valence-corrected chi connectivity index (χ1v) is 6.65. The molecule has 2 rings (SSSR count). The maximum atomic E-state index is 11.6. The van der Waals surface area contributed by atoms with Crippen molar-refractivity contribution in [3.8, 4) is 0 Å². The van der Waals surface area contributed by atoms with E-state index in [4.69, 9.17) is 0 Å². The lowest BCUT2D eigenvalue weighted by molar-refractivity contribution is 0.102. The largest absolute Gasteiger partial charge is 0.337 e. The van der Waals surface area contributed by atoms with Crippen molar-refractivity contribution >= 4 is 32.3 Å². The van der Waals surface area contributed by atoms with E-state index >= 15 is 0 Å². The lowest BCUT2D eigenvalue weighted by Crippen LogP contribution is -2.13. The van der Waals surface area contributed by atoms with Crippen LogP contribution in [0.1, 0.15) is 15.4 Å². The Hall–Kier alpha value is -1.53. The molecule has 2 aromatic rings. The maximum absolute atomic E-state index is 11.6. The fourth-order valence-electron chi connectivity index (χ4n) is 1.19. The van der Waals surface area contributed by atoms with Crippen molar-refractivity contribution in [2.45, 2.75) is 6.92 Å². The molecule has 0 saturated heterocycles. The Bertz CT molecular complexity index is 574. The van der Waals surface area contributed by atoms with Gasteiger partial charge in [0.1, 0.15) is 0 Å². The number of aromatic nitrogens is 1. The Morgan fingerprint density at radius 3 is 2.81 bits per heavy atom. The molecule has 4 nitrogen and oxygen atoms in total. The number of nitrogens with zero attached hydrogens (tertiary/aromatic N) is 1. The van der Waals surface area contributed by atoms with E-state index in [-0.39, 0.29) is 15.8 Å². The number of aryl methyl sites for hydroxylation is 1. The Morgan fingerprint density at radius 2 is 2.19 bits per heavy atom. The number of hydrogen-bond acceptors (Lipinski definition) is 5. The van der Waals surface area contributed by atoms with E-state index in [9.17, 15) is 9.59 Å². The third kappa shape index (κ3) is 2.53. The number of nitrogens with one attached hydrogen (secondary N) is 1. The minimum Gasteiger partial charge on any atom is -0.320 e. The zero-order valence-electron chi connectivity index (χ0n) is 8.39. The topological polar surface area (TPSA) is 59.1 Å². The zero-order valence-corrected chi connectivity index (χ0v) is 10.0. The first-order chi connectivity index (χ1) is 7.65. The van der Waals surface area contributed by atoms with Gasteiger partial charge in [-0.15, -0.1) is 0 Å². The van der Waals surface area contributed by atoms with Crippen LogP contribution in [0.5, 0.6) is 0 Å². The van der Waals surface area contributed by atoms with Crippen LogP contribution in [0.25, 0.3) is 0 Å². The summed E-state index contributed by atoms with van der Waals surface area (Å²) in [6, 6.07) is 7.44. The highest BCUT2D eigenvalue weighted by atomic mass is 32.9. The third-order valence-electron chi connectivity index (χ3n) is 1.85. The van der Waals surface area contributed by atoms with E-state index < -0.39 is 0 Å². The summed E-state index contributed by atoms with van der Waals surface area (Å²) in [4.78, 5) is 25.7. The van der Waals surface area contributed by atoms with Gasteiger partial charge in [0.25, 0.3) is 5.91 Å². The summed E-state index contributed by atoms with van der Waals surface area (Å²) in [5, 5.41) is 2.89. The minimum absolute atomic E-state index is 0.205. The van der Waals surface area contributed by atoms with E-state index in [1.54, 1.807) is 6.07 Å². The smallest absolute Gasteiger partial charge is 0.320 e. The van der Waals surface area contributed by atoms with Crippen LogP contribution < -0.4 is 10.2 Å². The molecule has 6 heteroatoms. The van der Waals surface area contributed by atoms with Crippen LogP contribution in [0, 0.1) is 6.92 Å². The van der Waals surface area contributed by atoms with E-state index in [0.717, 1.165) is 26.2 Å². The van der Waals surface area contributed by atoms with Gasteiger partial charge >= 0.3 is 4.87 Å². The monoisotopic (exact) mass is 252 g/mol. The van der Waals surface area contributed by atoms with Gasteiger partial charge in [-0.2, -0.15) is 4.98 Å². The summed E-state index contributed by atoms with van der Waals surface area (Å²) >= 11 is 0. The number of anilines is 1. The lowest BCUT2D eigenvalue weighted by Gasteiger charge is -2.02. The van der Waals surface area contributed by atoms with Gasteiger partial charge in [-0.25, -0.2) is 0 Å². The van der Waals surface area contributed by atoms with E-state index in [1.807, 2.05) is 25.1 Å². The molecule has 0 spiro atoms. The Kier molecular flexibility index (Phi) is 3.12. The highest BCUT2D eigenvalue weighted by Gasteiger charge is 2.10. The van der Waals surface area contributed by atoms with Gasteiger partial charge in [-0.05, 0) is 45.3 Å². The molecule has 16 heavy (non-hydrogen) atoms. The molecular formula is C10H8N2O2S2. The molecule has 1 amide bonds. The van der Waals surface area contributed by atoms with Crippen LogP contribution in [0.4, 0.5) is 5.69 Å². The summed E-state index contributed by atoms with van der Waals surface area (Å²) < 4.78 is 0. The second kappa shape index (κ2) is 4.54. The average molecular weight is 252 g/mol. The van der Waals surface area contributed by atoms with Crippen LogP contribution in [0.15, 0.2) is 29.1 Å². The van der Waals surface area contributed by atoms with Crippen molar-refractivity contribution in [2.24, 2.45) is 0 Å². The van der Waals surface area contributed by atoms with Crippen LogP contribution >= 0.6 is 20.7 Å². The first kappa shape index (κ1) is 11.0. The third-order valence-corrected chi connectivity index (χ3v) is 3.76. The quantitative estimate of drug-likeness (QED) is 0.833. The number of carbonyl (C=O) groups is 1. The SMILES string of the molecule is Cc1cccc(NC(=O)c2nc(=O)ss2)c1. The number of amides is 1. The molecule has 1 N–H and O–H groups in total. The van der Waals surface area contributed by atoms with E-state index in [2.05, 4.69) is 10.3 Å². The molecule has 0 unspecified atom stereocenters. The molecule has 1 aromatic carbocycles. The molecule has 1 heterocycles. The minimum atomic E-state index is -0.339. The highest BCUT2D eigenvalue weighted by Crippen LogP contribution is 2.13. The van der Waals surface area contributed by atoms with Crippen molar-refractivity contribution in [2.75, 3.05) is 5.32 Å². The van der Waals surface area contributed by atoms with E-state index in [1.165, 1.54) is 0 Å². The molecule has 82 valence electrons. The molecule has 1 aromatic heterocycles. The fourth-order valence-corrected chi connectivity index (χ4v) is 2.68. The Labute approximate surface area is 99.0 Å². The summed E-state index contributed by atoms with van der Waals surface area (Å²) in [6.07, 6.45) is 0. The van der Waals surface area contributed by atoms with Crippen molar-refractivity contribution in [1.82, 2.24) is 4.98 Å². The van der Waals surface area contributed by atoms with Gasteiger partial charge in [0.05, 0.1) is 0 Å². The summed E-state index contributed by atoms with van der Waals surface area (Å²) in [5.41, 5.74) is 1.77. The second-order valence-electron chi connectivity index (χ2n) is 3.17. The molecule has 0 aliphatic carbocycles.